The van der Waals surface area contributed by atoms with E-state index in [0.29, 0.717) is 5.56 Å². The van der Waals surface area contributed by atoms with Crippen LogP contribution >= 0.6 is 0 Å². The summed E-state index contributed by atoms with van der Waals surface area (Å²) in [5.41, 5.74) is 1.40. The molecule has 0 unspecified atom stereocenters. The quantitative estimate of drug-likeness (QED) is 0.706. The Labute approximate surface area is 158 Å². The monoisotopic (exact) mass is 386 g/mol. The van der Waals surface area contributed by atoms with Crippen LogP contribution in [0.15, 0.2) is 62.9 Å². The molecule has 1 amide bonds. The first-order valence-corrected chi connectivity index (χ1v) is 10.1. The predicted octanol–water partition coefficient (Wildman–Crippen LogP) is 4.36. The second-order valence-electron chi connectivity index (χ2n) is 6.60. The molecule has 2 heterocycles. The Kier molecular flexibility index (Phi) is 4.97. The zero-order chi connectivity index (χ0) is 19.8. The van der Waals surface area contributed by atoms with Crippen molar-refractivity contribution in [3.63, 3.8) is 0 Å². The maximum atomic E-state index is 13.3. The molecule has 0 fully saturated rings. The van der Waals surface area contributed by atoms with Crippen LogP contribution in [0.2, 0.25) is 0 Å². The number of aromatic nitrogens is 1. The molecule has 0 aliphatic carbocycles. The van der Waals surface area contributed by atoms with Gasteiger partial charge in [-0.25, -0.2) is 8.42 Å². The van der Waals surface area contributed by atoms with Crippen LogP contribution in [-0.2, 0) is 9.84 Å². The van der Waals surface area contributed by atoms with Gasteiger partial charge in [0.05, 0.1) is 11.2 Å². The lowest BCUT2D eigenvalue weighted by Crippen LogP contribution is -2.18. The number of anilines is 1. The summed E-state index contributed by atoms with van der Waals surface area (Å²) in [6, 6.07) is 11.3. The van der Waals surface area contributed by atoms with Crippen molar-refractivity contribution in [3.8, 4) is 0 Å². The first kappa shape index (κ1) is 19.0. The molecule has 0 radical (unpaired) electrons. The molecular weight excluding hydrogens is 364 g/mol. The molecule has 1 aromatic carbocycles. The van der Waals surface area contributed by atoms with Crippen molar-refractivity contribution in [1.29, 1.82) is 0 Å². The number of carbonyl (C=O) groups excluding carboxylic acids is 1. The molecule has 27 heavy (non-hydrogen) atoms. The van der Waals surface area contributed by atoms with E-state index in [1.54, 1.807) is 43.3 Å². The van der Waals surface area contributed by atoms with E-state index in [1.807, 2.05) is 25.3 Å². The predicted molar refractivity (Wildman–Crippen MR) is 103 cm³/mol. The minimum absolute atomic E-state index is 0.0460. The number of carbonyl (C=O) groups is 1. The van der Waals surface area contributed by atoms with Crippen molar-refractivity contribution in [2.75, 3.05) is 5.32 Å². The van der Waals surface area contributed by atoms with Crippen molar-refractivity contribution in [3.05, 3.63) is 65.7 Å². The molecule has 1 N–H and O–H groups in total. The van der Waals surface area contributed by atoms with Gasteiger partial charge in [-0.1, -0.05) is 18.2 Å². The Hall–Kier alpha value is -2.80. The van der Waals surface area contributed by atoms with E-state index >= 15 is 0 Å². The average molecular weight is 386 g/mol. The van der Waals surface area contributed by atoms with Gasteiger partial charge < -0.3 is 14.3 Å². The fourth-order valence-corrected chi connectivity index (χ4v) is 4.89. The van der Waals surface area contributed by atoms with Crippen LogP contribution in [0.4, 0.5) is 5.82 Å². The summed E-state index contributed by atoms with van der Waals surface area (Å²) >= 11 is 0. The third-order valence-corrected chi connectivity index (χ3v) is 6.45. The molecule has 0 atom stereocenters. The summed E-state index contributed by atoms with van der Waals surface area (Å²) in [4.78, 5) is 12.9. The minimum atomic E-state index is -3.82. The smallest absolute Gasteiger partial charge is 0.292 e. The molecule has 142 valence electrons. The second kappa shape index (κ2) is 7.08. The number of rotatable bonds is 5. The fourth-order valence-electron chi connectivity index (χ4n) is 3.19. The van der Waals surface area contributed by atoms with Crippen LogP contribution in [0.5, 0.6) is 0 Å². The molecule has 0 aliphatic rings. The Morgan fingerprint density at radius 2 is 1.74 bits per heavy atom. The van der Waals surface area contributed by atoms with Crippen LogP contribution in [0.25, 0.3) is 0 Å². The van der Waals surface area contributed by atoms with Crippen molar-refractivity contribution < 1.29 is 17.6 Å². The molecule has 3 aromatic rings. The minimum Gasteiger partial charge on any atom is -0.459 e. The molecule has 0 aliphatic heterocycles. The van der Waals surface area contributed by atoms with Crippen molar-refractivity contribution >= 4 is 21.6 Å². The highest BCUT2D eigenvalue weighted by Gasteiger charge is 2.31. The fraction of sp³-hybridized carbons (Fsp3) is 0.250. The summed E-state index contributed by atoms with van der Waals surface area (Å²) < 4.78 is 33.7. The third kappa shape index (κ3) is 3.30. The Morgan fingerprint density at radius 3 is 2.30 bits per heavy atom. The third-order valence-electron chi connectivity index (χ3n) is 4.52. The van der Waals surface area contributed by atoms with Crippen LogP contribution in [0.1, 0.15) is 41.7 Å². The Bertz CT molecular complexity index is 1060. The van der Waals surface area contributed by atoms with Crippen LogP contribution in [0.3, 0.4) is 0 Å². The van der Waals surface area contributed by atoms with Crippen molar-refractivity contribution in [2.45, 2.75) is 43.5 Å². The molecule has 0 saturated heterocycles. The lowest BCUT2D eigenvalue weighted by atomic mass is 10.3. The van der Waals surface area contributed by atoms with Gasteiger partial charge >= 0.3 is 0 Å². The number of nitrogens with zero attached hydrogens (tertiary/aromatic N) is 1. The number of furan rings is 1. The average Bonchev–Trinajstić information content (AvgIpc) is 3.24. The molecule has 3 rings (SSSR count). The van der Waals surface area contributed by atoms with Gasteiger partial charge in [-0.3, -0.25) is 4.79 Å². The van der Waals surface area contributed by atoms with Gasteiger partial charge in [-0.2, -0.15) is 0 Å². The van der Waals surface area contributed by atoms with E-state index in [0.717, 1.165) is 5.69 Å². The van der Waals surface area contributed by atoms with Gasteiger partial charge in [0, 0.05) is 11.7 Å². The molecule has 7 heteroatoms. The molecule has 6 nitrogen and oxygen atoms in total. The van der Waals surface area contributed by atoms with Gasteiger partial charge in [0.2, 0.25) is 9.84 Å². The SMILES string of the molecule is Cc1c(S(=O)(=O)c2ccccc2)c(NC(=O)c2ccco2)n(C(C)C)c1C. The first-order chi connectivity index (χ1) is 12.7. The van der Waals surface area contributed by atoms with Crippen LogP contribution < -0.4 is 5.32 Å². The largest absolute Gasteiger partial charge is 0.459 e. The zero-order valence-electron chi connectivity index (χ0n) is 15.7. The van der Waals surface area contributed by atoms with Gasteiger partial charge in [0.25, 0.3) is 5.91 Å². The topological polar surface area (TPSA) is 81.3 Å². The number of hydrogen-bond acceptors (Lipinski definition) is 4. The summed E-state index contributed by atoms with van der Waals surface area (Å²) in [5.74, 6) is -0.126. The summed E-state index contributed by atoms with van der Waals surface area (Å²) in [6.45, 7) is 7.48. The van der Waals surface area contributed by atoms with E-state index in [-0.39, 0.29) is 27.4 Å². The molecular formula is C20H22N2O4S. The summed E-state index contributed by atoms with van der Waals surface area (Å²) in [7, 11) is -3.82. The van der Waals surface area contributed by atoms with Gasteiger partial charge in [-0.15, -0.1) is 0 Å². The Morgan fingerprint density at radius 1 is 1.07 bits per heavy atom. The number of sulfone groups is 1. The van der Waals surface area contributed by atoms with Gasteiger partial charge in [0.15, 0.2) is 5.76 Å². The van der Waals surface area contributed by atoms with Gasteiger partial charge in [0.1, 0.15) is 10.7 Å². The number of benzene rings is 1. The lowest BCUT2D eigenvalue weighted by Gasteiger charge is -2.17. The highest BCUT2D eigenvalue weighted by molar-refractivity contribution is 7.91. The zero-order valence-corrected chi connectivity index (χ0v) is 16.5. The number of hydrogen-bond donors (Lipinski definition) is 1. The molecule has 2 aromatic heterocycles. The highest BCUT2D eigenvalue weighted by Crippen LogP contribution is 2.37. The highest BCUT2D eigenvalue weighted by atomic mass is 32.2. The van der Waals surface area contributed by atoms with E-state index in [2.05, 4.69) is 5.32 Å². The maximum Gasteiger partial charge on any atom is 0.292 e. The summed E-state index contributed by atoms with van der Waals surface area (Å²) in [6.07, 6.45) is 1.40. The van der Waals surface area contributed by atoms with E-state index in [1.165, 1.54) is 12.3 Å². The van der Waals surface area contributed by atoms with E-state index in [9.17, 15) is 13.2 Å². The lowest BCUT2D eigenvalue weighted by molar-refractivity contribution is 0.0995. The molecule has 0 spiro atoms. The summed E-state index contributed by atoms with van der Waals surface area (Å²) in [5, 5.41) is 2.75. The van der Waals surface area contributed by atoms with E-state index in [4.69, 9.17) is 4.42 Å². The second-order valence-corrected chi connectivity index (χ2v) is 8.49. The van der Waals surface area contributed by atoms with Crippen molar-refractivity contribution in [2.24, 2.45) is 0 Å². The maximum absolute atomic E-state index is 13.3. The normalized spacial score (nSPS) is 11.7. The Balaban J connectivity index is 2.22. The molecule has 0 bridgehead atoms. The van der Waals surface area contributed by atoms with Crippen molar-refractivity contribution in [1.82, 2.24) is 4.57 Å². The van der Waals surface area contributed by atoms with Gasteiger partial charge in [-0.05, 0) is 57.5 Å². The number of nitrogens with one attached hydrogen (secondary N) is 1. The number of amides is 1. The first-order valence-electron chi connectivity index (χ1n) is 8.61. The van der Waals surface area contributed by atoms with Crippen LogP contribution in [-0.4, -0.2) is 18.9 Å². The molecule has 0 saturated carbocycles. The standard InChI is InChI=1S/C20H22N2O4S/c1-13(2)22-15(4)14(3)18(27(24,25)16-9-6-5-7-10-16)19(22)21-20(23)17-11-8-12-26-17/h5-13H,1-4H3,(H,21,23). The van der Waals surface area contributed by atoms with E-state index < -0.39 is 15.7 Å². The van der Waals surface area contributed by atoms with Crippen LogP contribution in [0, 0.1) is 13.8 Å².